The average Bonchev–Trinajstić information content (AvgIpc) is 3.12. The first-order chi connectivity index (χ1) is 15.8. The van der Waals surface area contributed by atoms with Gasteiger partial charge in [-0.25, -0.2) is 17.8 Å². The Hall–Kier alpha value is -3.72. The molecule has 9 heteroatoms. The first-order valence-corrected chi connectivity index (χ1v) is 11.9. The second kappa shape index (κ2) is 9.41. The molecular formula is C24H23FN4O3S. The minimum atomic E-state index is -3.85. The maximum Gasteiger partial charge on any atom is 0.261 e. The van der Waals surface area contributed by atoms with Crippen LogP contribution in [0.5, 0.6) is 0 Å². The molecule has 2 N–H and O–H groups in total. The molecule has 0 fully saturated rings. The fourth-order valence-corrected chi connectivity index (χ4v) is 4.60. The van der Waals surface area contributed by atoms with Crippen molar-refractivity contribution in [2.24, 2.45) is 0 Å². The van der Waals surface area contributed by atoms with Crippen LogP contribution in [0.1, 0.15) is 22.6 Å². The van der Waals surface area contributed by atoms with Gasteiger partial charge in [-0.05, 0) is 74.0 Å². The standard InChI is InChI=1S/C24H23FN4O3S/c1-17-27-22-5-2-3-6-23(22)29(17)16-4-15-26-24(30)18-7-11-20(12-8-18)28-33(31,32)21-13-9-19(25)10-14-21/h2-3,5-14,28H,4,15-16H2,1H3,(H,26,30). The fraction of sp³-hybridized carbons (Fsp3) is 0.167. The summed E-state index contributed by atoms with van der Waals surface area (Å²) in [6.07, 6.45) is 0.739. The number of benzene rings is 3. The molecule has 0 aliphatic heterocycles. The van der Waals surface area contributed by atoms with Crippen molar-refractivity contribution in [3.05, 3.63) is 90.0 Å². The van der Waals surface area contributed by atoms with Crippen molar-refractivity contribution < 1.29 is 17.6 Å². The first-order valence-electron chi connectivity index (χ1n) is 10.4. The molecule has 170 valence electrons. The van der Waals surface area contributed by atoms with Gasteiger partial charge in [0.2, 0.25) is 0 Å². The molecule has 0 atom stereocenters. The van der Waals surface area contributed by atoms with Crippen molar-refractivity contribution in [1.29, 1.82) is 0 Å². The van der Waals surface area contributed by atoms with Gasteiger partial charge in [0.1, 0.15) is 11.6 Å². The van der Waals surface area contributed by atoms with Crippen molar-refractivity contribution in [2.75, 3.05) is 11.3 Å². The summed E-state index contributed by atoms with van der Waals surface area (Å²) in [5.74, 6) is 0.175. The molecule has 7 nitrogen and oxygen atoms in total. The predicted molar refractivity (Wildman–Crippen MR) is 125 cm³/mol. The van der Waals surface area contributed by atoms with Crippen molar-refractivity contribution in [3.8, 4) is 0 Å². The zero-order chi connectivity index (χ0) is 23.4. The van der Waals surface area contributed by atoms with Crippen molar-refractivity contribution in [1.82, 2.24) is 14.9 Å². The molecule has 0 bridgehead atoms. The largest absolute Gasteiger partial charge is 0.352 e. The molecule has 0 aliphatic rings. The Morgan fingerprint density at radius 2 is 1.70 bits per heavy atom. The molecule has 1 amide bonds. The van der Waals surface area contributed by atoms with E-state index in [1.165, 1.54) is 24.3 Å². The number of fused-ring (bicyclic) bond motifs is 1. The van der Waals surface area contributed by atoms with Gasteiger partial charge in [-0.1, -0.05) is 12.1 Å². The summed E-state index contributed by atoms with van der Waals surface area (Å²) in [7, 11) is -3.85. The highest BCUT2D eigenvalue weighted by atomic mass is 32.2. The lowest BCUT2D eigenvalue weighted by atomic mass is 10.2. The highest BCUT2D eigenvalue weighted by molar-refractivity contribution is 7.92. The van der Waals surface area contributed by atoms with Crippen LogP contribution in [0.25, 0.3) is 11.0 Å². The zero-order valence-electron chi connectivity index (χ0n) is 18.0. The van der Waals surface area contributed by atoms with E-state index in [0.717, 1.165) is 42.0 Å². The van der Waals surface area contributed by atoms with E-state index in [9.17, 15) is 17.6 Å². The van der Waals surface area contributed by atoms with Crippen molar-refractivity contribution >= 4 is 32.7 Å². The van der Waals surface area contributed by atoms with Gasteiger partial charge < -0.3 is 9.88 Å². The molecule has 33 heavy (non-hydrogen) atoms. The number of amides is 1. The third-order valence-corrected chi connectivity index (χ3v) is 6.61. The third kappa shape index (κ3) is 5.20. The summed E-state index contributed by atoms with van der Waals surface area (Å²) in [4.78, 5) is 16.9. The van der Waals surface area contributed by atoms with E-state index in [4.69, 9.17) is 0 Å². The van der Waals surface area contributed by atoms with Gasteiger partial charge in [-0.2, -0.15) is 0 Å². The molecule has 0 radical (unpaired) electrons. The van der Waals surface area contributed by atoms with Crippen molar-refractivity contribution in [3.63, 3.8) is 0 Å². The van der Waals surface area contributed by atoms with E-state index >= 15 is 0 Å². The summed E-state index contributed by atoms with van der Waals surface area (Å²) < 4.78 is 42.4. The number of rotatable bonds is 8. The summed E-state index contributed by atoms with van der Waals surface area (Å²) in [6.45, 7) is 3.19. The van der Waals surface area contributed by atoms with Gasteiger partial charge in [0.25, 0.3) is 15.9 Å². The molecule has 4 rings (SSSR count). The highest BCUT2D eigenvalue weighted by Crippen LogP contribution is 2.18. The van der Waals surface area contributed by atoms with E-state index in [1.807, 2.05) is 31.2 Å². The number of halogens is 1. The topological polar surface area (TPSA) is 93.1 Å². The minimum absolute atomic E-state index is 0.0494. The second-order valence-electron chi connectivity index (χ2n) is 7.55. The number of hydrogen-bond donors (Lipinski definition) is 2. The highest BCUT2D eigenvalue weighted by Gasteiger charge is 2.15. The maximum absolute atomic E-state index is 13.0. The monoisotopic (exact) mass is 466 g/mol. The summed E-state index contributed by atoms with van der Waals surface area (Å²) in [6, 6.07) is 18.6. The molecule has 0 saturated carbocycles. The Morgan fingerprint density at radius 1 is 1.00 bits per heavy atom. The third-order valence-electron chi connectivity index (χ3n) is 5.21. The SMILES string of the molecule is Cc1nc2ccccc2n1CCCNC(=O)c1ccc(NS(=O)(=O)c2ccc(F)cc2)cc1. The van der Waals surface area contributed by atoms with E-state index < -0.39 is 15.8 Å². The number of sulfonamides is 1. The van der Waals surface area contributed by atoms with Crippen LogP contribution in [0.3, 0.4) is 0 Å². The second-order valence-corrected chi connectivity index (χ2v) is 9.23. The number of imidazole rings is 1. The normalized spacial score (nSPS) is 11.5. The average molecular weight is 467 g/mol. The van der Waals surface area contributed by atoms with E-state index in [0.29, 0.717) is 17.8 Å². The number of hydrogen-bond acceptors (Lipinski definition) is 4. The van der Waals surface area contributed by atoms with Crippen LogP contribution >= 0.6 is 0 Å². The molecule has 0 saturated heterocycles. The Balaban J connectivity index is 1.31. The zero-order valence-corrected chi connectivity index (χ0v) is 18.8. The van der Waals surface area contributed by atoms with Gasteiger partial charge in [0.05, 0.1) is 15.9 Å². The van der Waals surface area contributed by atoms with E-state index in [1.54, 1.807) is 12.1 Å². The smallest absolute Gasteiger partial charge is 0.261 e. The van der Waals surface area contributed by atoms with Crippen LogP contribution < -0.4 is 10.0 Å². The fourth-order valence-electron chi connectivity index (χ4n) is 3.54. The summed E-state index contributed by atoms with van der Waals surface area (Å²) >= 11 is 0. The molecule has 3 aromatic carbocycles. The number of anilines is 1. The van der Waals surface area contributed by atoms with Crippen LogP contribution in [0.4, 0.5) is 10.1 Å². The molecule has 4 aromatic rings. The molecular weight excluding hydrogens is 443 g/mol. The number of aromatic nitrogens is 2. The molecule has 0 aliphatic carbocycles. The lowest BCUT2D eigenvalue weighted by Gasteiger charge is -2.10. The Bertz CT molecular complexity index is 1380. The Kier molecular flexibility index (Phi) is 6.41. The number of aryl methyl sites for hydroxylation is 2. The summed E-state index contributed by atoms with van der Waals surface area (Å²) in [5.41, 5.74) is 2.75. The first kappa shape index (κ1) is 22.5. The van der Waals surface area contributed by atoms with E-state index in [2.05, 4.69) is 19.6 Å². The molecule has 0 unspecified atom stereocenters. The lowest BCUT2D eigenvalue weighted by Crippen LogP contribution is -2.25. The minimum Gasteiger partial charge on any atom is -0.352 e. The van der Waals surface area contributed by atoms with Gasteiger partial charge in [-0.15, -0.1) is 0 Å². The summed E-state index contributed by atoms with van der Waals surface area (Å²) in [5, 5.41) is 2.88. The maximum atomic E-state index is 13.0. The van der Waals surface area contributed by atoms with Gasteiger partial charge in [-0.3, -0.25) is 9.52 Å². The van der Waals surface area contributed by atoms with E-state index in [-0.39, 0.29) is 10.8 Å². The lowest BCUT2D eigenvalue weighted by molar-refractivity contribution is 0.0953. The Morgan fingerprint density at radius 3 is 2.42 bits per heavy atom. The number of nitrogens with one attached hydrogen (secondary N) is 2. The Labute approximate surface area is 191 Å². The predicted octanol–water partition coefficient (Wildman–Crippen LogP) is 4.10. The van der Waals surface area contributed by atoms with Gasteiger partial charge in [0, 0.05) is 24.3 Å². The van der Waals surface area contributed by atoms with Crippen LogP contribution in [0, 0.1) is 12.7 Å². The molecule has 1 heterocycles. The van der Waals surface area contributed by atoms with Gasteiger partial charge >= 0.3 is 0 Å². The quantitative estimate of drug-likeness (QED) is 0.382. The van der Waals surface area contributed by atoms with Crippen LogP contribution in [-0.4, -0.2) is 30.4 Å². The molecule has 1 aromatic heterocycles. The van der Waals surface area contributed by atoms with Gasteiger partial charge in [0.15, 0.2) is 0 Å². The van der Waals surface area contributed by atoms with Crippen LogP contribution in [-0.2, 0) is 16.6 Å². The van der Waals surface area contributed by atoms with Crippen molar-refractivity contribution in [2.45, 2.75) is 24.8 Å². The number of carbonyl (C=O) groups excluding carboxylic acids is 1. The number of carbonyl (C=O) groups is 1. The molecule has 0 spiro atoms. The van der Waals surface area contributed by atoms with Crippen LogP contribution in [0.2, 0.25) is 0 Å². The van der Waals surface area contributed by atoms with Crippen LogP contribution in [0.15, 0.2) is 77.7 Å². The number of para-hydroxylation sites is 2. The number of nitrogens with zero attached hydrogens (tertiary/aromatic N) is 2.